The molecular weight excluding hydrogens is 214 g/mol. The maximum Gasteiger partial charge on any atom is 0.127 e. The van der Waals surface area contributed by atoms with E-state index in [1.165, 1.54) is 19.3 Å². The number of aliphatic hydroxyl groups excluding tert-OH is 1. The molecular formula is C14H27NO2. The molecule has 1 heterocycles. The van der Waals surface area contributed by atoms with Gasteiger partial charge < -0.3 is 9.90 Å². The van der Waals surface area contributed by atoms with E-state index in [1.54, 1.807) is 0 Å². The number of aldehydes is 1. The van der Waals surface area contributed by atoms with Gasteiger partial charge in [-0.2, -0.15) is 0 Å². The lowest BCUT2D eigenvalue weighted by atomic mass is 9.83. The molecule has 3 nitrogen and oxygen atoms in total. The first-order valence-corrected chi connectivity index (χ1v) is 7.02. The number of carbonyl (C=O) groups is 1. The highest BCUT2D eigenvalue weighted by molar-refractivity contribution is 5.59. The smallest absolute Gasteiger partial charge is 0.127 e. The van der Waals surface area contributed by atoms with Crippen LogP contribution < -0.4 is 0 Å². The van der Waals surface area contributed by atoms with Crippen LogP contribution in [0.2, 0.25) is 0 Å². The molecule has 0 spiro atoms. The predicted molar refractivity (Wildman–Crippen MR) is 70.0 cm³/mol. The zero-order valence-electron chi connectivity index (χ0n) is 11.3. The third-order valence-electron chi connectivity index (χ3n) is 4.39. The summed E-state index contributed by atoms with van der Waals surface area (Å²) in [6.45, 7) is 6.24. The molecule has 1 aliphatic rings. The van der Waals surface area contributed by atoms with Crippen molar-refractivity contribution >= 4 is 6.29 Å². The van der Waals surface area contributed by atoms with Crippen molar-refractivity contribution in [2.75, 3.05) is 19.7 Å². The topological polar surface area (TPSA) is 40.5 Å². The van der Waals surface area contributed by atoms with Gasteiger partial charge in [-0.3, -0.25) is 4.90 Å². The van der Waals surface area contributed by atoms with Crippen molar-refractivity contribution in [3.05, 3.63) is 0 Å². The number of likely N-dealkylation sites (tertiary alicyclic amines) is 1. The largest absolute Gasteiger partial charge is 0.395 e. The zero-order chi connectivity index (χ0) is 12.7. The number of rotatable bonds is 6. The van der Waals surface area contributed by atoms with Crippen LogP contribution in [-0.2, 0) is 4.79 Å². The van der Waals surface area contributed by atoms with E-state index in [0.29, 0.717) is 0 Å². The van der Waals surface area contributed by atoms with E-state index in [2.05, 4.69) is 18.7 Å². The molecule has 0 aromatic rings. The van der Waals surface area contributed by atoms with Crippen molar-refractivity contribution in [2.45, 2.75) is 58.4 Å². The minimum absolute atomic E-state index is 0.211. The van der Waals surface area contributed by atoms with Crippen molar-refractivity contribution in [1.82, 2.24) is 4.90 Å². The SMILES string of the molecule is CCC(C=O)(CC)CN1CCCCCC1CO. The molecule has 1 unspecified atom stereocenters. The molecule has 1 rings (SSSR count). The predicted octanol–water partition coefficient (Wildman–Crippen LogP) is 2.23. The van der Waals surface area contributed by atoms with Gasteiger partial charge in [0.2, 0.25) is 0 Å². The maximum absolute atomic E-state index is 11.4. The summed E-state index contributed by atoms with van der Waals surface area (Å²) < 4.78 is 0. The van der Waals surface area contributed by atoms with E-state index in [1.807, 2.05) is 0 Å². The Bertz CT molecular complexity index is 226. The van der Waals surface area contributed by atoms with E-state index in [-0.39, 0.29) is 18.1 Å². The minimum atomic E-state index is -0.211. The summed E-state index contributed by atoms with van der Waals surface area (Å²) in [5.41, 5.74) is -0.211. The summed E-state index contributed by atoms with van der Waals surface area (Å²) in [4.78, 5) is 13.7. The molecule has 0 bridgehead atoms. The van der Waals surface area contributed by atoms with Gasteiger partial charge in [-0.25, -0.2) is 0 Å². The molecule has 0 aromatic heterocycles. The standard InChI is InChI=1S/C14H27NO2/c1-3-14(4-2,12-17)11-15-9-7-5-6-8-13(15)10-16/h12-13,16H,3-11H2,1-2H3. The van der Waals surface area contributed by atoms with Gasteiger partial charge in [-0.15, -0.1) is 0 Å². The molecule has 17 heavy (non-hydrogen) atoms. The average molecular weight is 241 g/mol. The molecule has 1 fully saturated rings. The highest BCUT2D eigenvalue weighted by Gasteiger charge is 2.31. The Morgan fingerprint density at radius 1 is 1.29 bits per heavy atom. The van der Waals surface area contributed by atoms with Crippen LogP contribution in [0.1, 0.15) is 52.4 Å². The normalized spacial score (nSPS) is 23.4. The monoisotopic (exact) mass is 241 g/mol. The van der Waals surface area contributed by atoms with Gasteiger partial charge in [0.25, 0.3) is 0 Å². The first-order valence-electron chi connectivity index (χ1n) is 7.02. The molecule has 1 atom stereocenters. The van der Waals surface area contributed by atoms with E-state index in [9.17, 15) is 9.90 Å². The van der Waals surface area contributed by atoms with Crippen LogP contribution in [0.3, 0.4) is 0 Å². The lowest BCUT2D eigenvalue weighted by molar-refractivity contribution is -0.118. The van der Waals surface area contributed by atoms with Crippen molar-refractivity contribution in [3.8, 4) is 0 Å². The Morgan fingerprint density at radius 2 is 2.00 bits per heavy atom. The Kier molecular flexibility index (Phi) is 6.14. The van der Waals surface area contributed by atoms with Gasteiger partial charge in [0, 0.05) is 18.0 Å². The molecule has 100 valence electrons. The van der Waals surface area contributed by atoms with Crippen LogP contribution >= 0.6 is 0 Å². The Hall–Kier alpha value is -0.410. The molecule has 0 saturated carbocycles. The van der Waals surface area contributed by atoms with E-state index in [4.69, 9.17) is 0 Å². The molecule has 1 aliphatic heterocycles. The third-order valence-corrected chi connectivity index (χ3v) is 4.39. The van der Waals surface area contributed by atoms with Gasteiger partial charge >= 0.3 is 0 Å². The summed E-state index contributed by atoms with van der Waals surface area (Å²) in [7, 11) is 0. The second-order valence-corrected chi connectivity index (χ2v) is 5.34. The van der Waals surface area contributed by atoms with Crippen molar-refractivity contribution in [1.29, 1.82) is 0 Å². The Balaban J connectivity index is 2.70. The van der Waals surface area contributed by atoms with Crippen molar-refractivity contribution in [3.63, 3.8) is 0 Å². The quantitative estimate of drug-likeness (QED) is 0.725. The van der Waals surface area contributed by atoms with Gasteiger partial charge in [-0.05, 0) is 32.2 Å². The van der Waals surface area contributed by atoms with Crippen LogP contribution in [0.25, 0.3) is 0 Å². The van der Waals surface area contributed by atoms with Crippen LogP contribution in [0.4, 0.5) is 0 Å². The molecule has 0 aromatic carbocycles. The third kappa shape index (κ3) is 3.78. The fourth-order valence-electron chi connectivity index (χ4n) is 2.73. The van der Waals surface area contributed by atoms with Gasteiger partial charge in [0.05, 0.1) is 6.61 Å². The number of hydrogen-bond donors (Lipinski definition) is 1. The van der Waals surface area contributed by atoms with Gasteiger partial charge in [0.15, 0.2) is 0 Å². The average Bonchev–Trinajstić information content (AvgIpc) is 2.61. The lowest BCUT2D eigenvalue weighted by Gasteiger charge is -2.36. The summed E-state index contributed by atoms with van der Waals surface area (Å²) in [6, 6.07) is 0.259. The summed E-state index contributed by atoms with van der Waals surface area (Å²) in [5, 5.41) is 9.47. The van der Waals surface area contributed by atoms with Crippen LogP contribution in [0, 0.1) is 5.41 Å². The summed E-state index contributed by atoms with van der Waals surface area (Å²) in [5.74, 6) is 0. The Labute approximate surface area is 105 Å². The number of nitrogens with zero attached hydrogens (tertiary/aromatic N) is 1. The summed E-state index contributed by atoms with van der Waals surface area (Å²) in [6.07, 6.45) is 7.63. The maximum atomic E-state index is 11.4. The highest BCUT2D eigenvalue weighted by Crippen LogP contribution is 2.28. The second kappa shape index (κ2) is 7.12. The van der Waals surface area contributed by atoms with Gasteiger partial charge in [-0.1, -0.05) is 26.7 Å². The minimum Gasteiger partial charge on any atom is -0.395 e. The number of carbonyl (C=O) groups excluding carboxylic acids is 1. The fraction of sp³-hybridized carbons (Fsp3) is 0.929. The van der Waals surface area contributed by atoms with Crippen LogP contribution in [-0.4, -0.2) is 42.0 Å². The van der Waals surface area contributed by atoms with E-state index < -0.39 is 0 Å². The molecule has 0 aliphatic carbocycles. The first kappa shape index (κ1) is 14.7. The van der Waals surface area contributed by atoms with Gasteiger partial charge in [0.1, 0.15) is 6.29 Å². The lowest BCUT2D eigenvalue weighted by Crippen LogP contribution is -2.45. The Morgan fingerprint density at radius 3 is 2.53 bits per heavy atom. The molecule has 1 N–H and O–H groups in total. The van der Waals surface area contributed by atoms with E-state index >= 15 is 0 Å². The molecule has 0 amide bonds. The fourth-order valence-corrected chi connectivity index (χ4v) is 2.73. The zero-order valence-corrected chi connectivity index (χ0v) is 11.3. The molecule has 0 radical (unpaired) electrons. The number of aliphatic hydroxyl groups is 1. The second-order valence-electron chi connectivity index (χ2n) is 5.34. The highest BCUT2D eigenvalue weighted by atomic mass is 16.3. The first-order chi connectivity index (χ1) is 8.21. The van der Waals surface area contributed by atoms with Crippen molar-refractivity contribution in [2.24, 2.45) is 5.41 Å². The molecule has 1 saturated heterocycles. The summed E-state index contributed by atoms with van der Waals surface area (Å²) >= 11 is 0. The molecule has 3 heteroatoms. The number of hydrogen-bond acceptors (Lipinski definition) is 3. The van der Waals surface area contributed by atoms with Crippen LogP contribution in [0.5, 0.6) is 0 Å². The van der Waals surface area contributed by atoms with Crippen molar-refractivity contribution < 1.29 is 9.90 Å². The van der Waals surface area contributed by atoms with E-state index in [0.717, 1.165) is 38.6 Å². The van der Waals surface area contributed by atoms with Crippen LogP contribution in [0.15, 0.2) is 0 Å².